The van der Waals surface area contributed by atoms with E-state index in [1.54, 1.807) is 24.1 Å². The maximum Gasteiger partial charge on any atom is 0.240 e. The number of rotatable bonds is 3. The van der Waals surface area contributed by atoms with Crippen LogP contribution in [0.1, 0.15) is 10.9 Å². The van der Waals surface area contributed by atoms with Gasteiger partial charge in [-0.25, -0.2) is 9.37 Å². The molecule has 0 aliphatic carbocycles. The monoisotopic (exact) mass is 360 g/mol. The van der Waals surface area contributed by atoms with Crippen LogP contribution >= 0.6 is 23.1 Å². The lowest BCUT2D eigenvalue weighted by Crippen LogP contribution is -2.27. The number of hydrogen-bond donors (Lipinski definition) is 0. The molecule has 3 aromatic rings. The van der Waals surface area contributed by atoms with E-state index < -0.39 is 0 Å². The molecule has 24 heavy (non-hydrogen) atoms. The highest BCUT2D eigenvalue weighted by Gasteiger charge is 2.36. The highest BCUT2D eigenvalue weighted by Crippen LogP contribution is 2.44. The summed E-state index contributed by atoms with van der Waals surface area (Å²) >= 11 is 2.98. The molecule has 2 heterocycles. The zero-order chi connectivity index (χ0) is 16.7. The van der Waals surface area contributed by atoms with Crippen LogP contribution in [0.4, 0.5) is 9.52 Å². The fourth-order valence-electron chi connectivity index (χ4n) is 2.63. The molecule has 1 aliphatic rings. The number of halogens is 1. The average molecular weight is 360 g/mol. The minimum atomic E-state index is -0.285. The molecule has 7 heteroatoms. The van der Waals surface area contributed by atoms with E-state index >= 15 is 0 Å². The highest BCUT2D eigenvalue weighted by atomic mass is 32.2. The highest BCUT2D eigenvalue weighted by molar-refractivity contribution is 8.00. The van der Waals surface area contributed by atoms with E-state index in [2.05, 4.69) is 4.98 Å². The molecule has 0 bridgehead atoms. The zero-order valence-electron chi connectivity index (χ0n) is 12.7. The van der Waals surface area contributed by atoms with Crippen LogP contribution < -0.4 is 9.64 Å². The van der Waals surface area contributed by atoms with Gasteiger partial charge in [-0.1, -0.05) is 23.5 Å². The van der Waals surface area contributed by atoms with E-state index in [0.717, 1.165) is 21.5 Å². The number of thioether (sulfide) groups is 1. The molecular weight excluding hydrogens is 347 g/mol. The normalized spacial score (nSPS) is 17.7. The van der Waals surface area contributed by atoms with Gasteiger partial charge >= 0.3 is 0 Å². The first-order valence-corrected chi connectivity index (χ1v) is 9.16. The Bertz CT molecular complexity index is 911. The van der Waals surface area contributed by atoms with Crippen molar-refractivity contribution < 1.29 is 13.9 Å². The third kappa shape index (κ3) is 2.63. The van der Waals surface area contributed by atoms with Crippen LogP contribution in [0.3, 0.4) is 0 Å². The number of methoxy groups -OCH3 is 1. The summed E-state index contributed by atoms with van der Waals surface area (Å²) in [6.45, 7) is 0. The summed E-state index contributed by atoms with van der Waals surface area (Å²) in [5, 5.41) is 0.475. The third-order valence-electron chi connectivity index (χ3n) is 3.81. The fraction of sp³-hybridized carbons (Fsp3) is 0.176. The Morgan fingerprint density at radius 1 is 1.25 bits per heavy atom. The quantitative estimate of drug-likeness (QED) is 0.701. The number of thiazole rings is 1. The molecule has 1 saturated heterocycles. The molecule has 2 aromatic carbocycles. The Labute approximate surface area is 146 Å². The van der Waals surface area contributed by atoms with Gasteiger partial charge in [-0.2, -0.15) is 0 Å². The van der Waals surface area contributed by atoms with Gasteiger partial charge in [-0.3, -0.25) is 9.69 Å². The predicted molar refractivity (Wildman–Crippen MR) is 95.3 cm³/mol. The Balaban J connectivity index is 1.74. The molecule has 122 valence electrons. The number of anilines is 1. The molecule has 0 N–H and O–H groups in total. The van der Waals surface area contributed by atoms with Crippen LogP contribution in [0.2, 0.25) is 0 Å². The molecule has 4 nitrogen and oxygen atoms in total. The first-order valence-electron chi connectivity index (χ1n) is 7.29. The predicted octanol–water partition coefficient (Wildman–Crippen LogP) is 4.22. The summed E-state index contributed by atoms with van der Waals surface area (Å²) in [6.07, 6.45) is 0. The van der Waals surface area contributed by atoms with Crippen molar-refractivity contribution in [2.24, 2.45) is 0 Å². The molecular formula is C17H13FN2O2S2. The van der Waals surface area contributed by atoms with Crippen molar-refractivity contribution in [1.82, 2.24) is 4.98 Å². The lowest BCUT2D eigenvalue weighted by Gasteiger charge is -2.21. The summed E-state index contributed by atoms with van der Waals surface area (Å²) in [4.78, 5) is 18.7. The maximum atomic E-state index is 13.2. The van der Waals surface area contributed by atoms with E-state index in [4.69, 9.17) is 4.74 Å². The fourth-order valence-corrected chi connectivity index (χ4v) is 4.89. The van der Waals surface area contributed by atoms with Gasteiger partial charge in [0.25, 0.3) is 0 Å². The van der Waals surface area contributed by atoms with Gasteiger partial charge in [0.15, 0.2) is 5.13 Å². The smallest absolute Gasteiger partial charge is 0.240 e. The van der Waals surface area contributed by atoms with Crippen molar-refractivity contribution in [2.45, 2.75) is 5.37 Å². The summed E-state index contributed by atoms with van der Waals surface area (Å²) in [7, 11) is 1.62. The summed E-state index contributed by atoms with van der Waals surface area (Å²) in [5.41, 5.74) is 1.72. The van der Waals surface area contributed by atoms with Crippen molar-refractivity contribution >= 4 is 44.4 Å². The molecule has 0 unspecified atom stereocenters. The number of fused-ring (bicyclic) bond motifs is 1. The first-order chi connectivity index (χ1) is 11.7. The molecule has 0 saturated carbocycles. The Morgan fingerprint density at radius 3 is 2.79 bits per heavy atom. The number of amides is 1. The standard InChI is InChI=1S/C17H13FN2O2S2/c1-22-12-6-7-13-14(8-12)24-17(19-13)20-15(21)9-23-16(20)10-2-4-11(18)5-3-10/h2-8,16H,9H2,1H3/t16-/m0/s1. The second-order valence-corrected chi connectivity index (χ2v) is 7.39. The van der Waals surface area contributed by atoms with E-state index in [-0.39, 0.29) is 17.1 Å². The van der Waals surface area contributed by atoms with Gasteiger partial charge in [0, 0.05) is 0 Å². The SMILES string of the molecule is COc1ccc2nc(N3C(=O)CS[C@H]3c3ccc(F)cc3)sc2c1. The van der Waals surface area contributed by atoms with Gasteiger partial charge in [0.1, 0.15) is 16.9 Å². The Morgan fingerprint density at radius 2 is 2.04 bits per heavy atom. The number of carbonyl (C=O) groups excluding carboxylic acids is 1. The van der Waals surface area contributed by atoms with Crippen molar-refractivity contribution in [2.75, 3.05) is 17.8 Å². The van der Waals surface area contributed by atoms with Crippen LogP contribution in [-0.4, -0.2) is 23.8 Å². The molecule has 4 rings (SSSR count). The lowest BCUT2D eigenvalue weighted by molar-refractivity contribution is -0.115. The number of hydrogen-bond acceptors (Lipinski definition) is 5. The first kappa shape index (κ1) is 15.4. The van der Waals surface area contributed by atoms with Gasteiger partial charge in [0.2, 0.25) is 5.91 Å². The summed E-state index contributed by atoms with van der Waals surface area (Å²) in [5.74, 6) is 0.878. The van der Waals surface area contributed by atoms with Gasteiger partial charge < -0.3 is 4.74 Å². The summed E-state index contributed by atoms with van der Waals surface area (Å²) < 4.78 is 19.4. The molecule has 1 aliphatic heterocycles. The molecule has 1 amide bonds. The average Bonchev–Trinajstić information content (AvgIpc) is 3.17. The van der Waals surface area contributed by atoms with Crippen LogP contribution in [0, 0.1) is 5.82 Å². The minimum Gasteiger partial charge on any atom is -0.497 e. The van der Waals surface area contributed by atoms with Crippen LogP contribution in [0.25, 0.3) is 10.2 Å². The lowest BCUT2D eigenvalue weighted by atomic mass is 10.2. The maximum absolute atomic E-state index is 13.2. The minimum absolute atomic E-state index is 0.0142. The van der Waals surface area contributed by atoms with E-state index in [0.29, 0.717) is 10.9 Å². The second kappa shape index (κ2) is 6.07. The van der Waals surface area contributed by atoms with Crippen molar-refractivity contribution in [3.8, 4) is 5.75 Å². The number of carbonyl (C=O) groups is 1. The Kier molecular flexibility index (Phi) is 3.90. The van der Waals surface area contributed by atoms with Gasteiger partial charge in [-0.05, 0) is 35.9 Å². The van der Waals surface area contributed by atoms with E-state index in [9.17, 15) is 9.18 Å². The van der Waals surface area contributed by atoms with Crippen molar-refractivity contribution in [1.29, 1.82) is 0 Å². The number of ether oxygens (including phenoxy) is 1. The summed E-state index contributed by atoms with van der Waals surface area (Å²) in [6, 6.07) is 11.9. The van der Waals surface area contributed by atoms with Crippen molar-refractivity contribution in [3.05, 3.63) is 53.8 Å². The van der Waals surface area contributed by atoms with Crippen molar-refractivity contribution in [3.63, 3.8) is 0 Å². The zero-order valence-corrected chi connectivity index (χ0v) is 14.4. The van der Waals surface area contributed by atoms with Gasteiger partial charge in [0.05, 0.1) is 23.1 Å². The molecule has 0 spiro atoms. The number of nitrogens with zero attached hydrogens (tertiary/aromatic N) is 2. The number of benzene rings is 2. The second-order valence-electron chi connectivity index (χ2n) is 5.31. The molecule has 1 atom stereocenters. The van der Waals surface area contributed by atoms with Crippen LogP contribution in [0.15, 0.2) is 42.5 Å². The molecule has 1 aromatic heterocycles. The largest absolute Gasteiger partial charge is 0.497 e. The number of aromatic nitrogens is 1. The third-order valence-corrected chi connectivity index (χ3v) is 6.04. The van der Waals surface area contributed by atoms with Gasteiger partial charge in [-0.15, -0.1) is 11.8 Å². The van der Waals surface area contributed by atoms with Crippen LogP contribution in [-0.2, 0) is 4.79 Å². The van der Waals surface area contributed by atoms with Crippen LogP contribution in [0.5, 0.6) is 5.75 Å². The van der Waals surface area contributed by atoms with E-state index in [1.165, 1.54) is 35.2 Å². The topological polar surface area (TPSA) is 42.4 Å². The van der Waals surface area contributed by atoms with E-state index in [1.807, 2.05) is 18.2 Å². The molecule has 1 fully saturated rings. The Hall–Kier alpha value is -2.12. The molecule has 0 radical (unpaired) electrons.